The molecule has 17 aromatic rings. The highest BCUT2D eigenvalue weighted by atomic mass is 127. The van der Waals surface area contributed by atoms with E-state index in [9.17, 15) is 8.78 Å². The van der Waals surface area contributed by atoms with Crippen molar-refractivity contribution in [2.75, 3.05) is 0 Å². The summed E-state index contributed by atoms with van der Waals surface area (Å²) < 4.78 is 40.3. The molecule has 0 spiro atoms. The molecule has 0 aliphatic carbocycles. The average molecular weight is 2210 g/mol. The van der Waals surface area contributed by atoms with Crippen molar-refractivity contribution in [2.24, 2.45) is 0 Å². The van der Waals surface area contributed by atoms with Gasteiger partial charge in [0.1, 0.15) is 11.6 Å². The third-order valence-electron chi connectivity index (χ3n) is 36.4. The number of nitrogens with zero attached hydrogens (tertiary/aromatic N) is 4. The van der Waals surface area contributed by atoms with E-state index in [4.69, 9.17) is 0 Å². The van der Waals surface area contributed by atoms with Gasteiger partial charge in [-0.15, -0.1) is 0 Å². The second kappa shape index (κ2) is 41.2. The monoisotopic (exact) mass is 2210 g/mol. The summed E-state index contributed by atoms with van der Waals surface area (Å²) in [6, 6.07) is 86.6. The van der Waals surface area contributed by atoms with Crippen LogP contribution in [0.5, 0.6) is 0 Å². The minimum Gasteiger partial charge on any atom is -0.355 e. The molecule has 5 nitrogen and oxygen atoms in total. The minimum atomic E-state index is -2.02. The molecule has 0 saturated heterocycles. The fourth-order valence-corrected chi connectivity index (χ4v) is 73.7. The molecule has 1 N–H and O–H groups in total. The number of aromatic nitrogens is 5. The molecule has 0 fully saturated rings. The second-order valence-corrected chi connectivity index (χ2v) is 85.9. The second-order valence-electron chi connectivity index (χ2n) is 48.0. The van der Waals surface area contributed by atoms with Crippen LogP contribution in [0.4, 0.5) is 8.78 Å². The third kappa shape index (κ3) is 17.5. The van der Waals surface area contributed by atoms with Crippen LogP contribution in [0.3, 0.4) is 0 Å². The topological polar surface area (TPSA) is 35.5 Å². The Morgan fingerprint density at radius 1 is 0.177 bits per heavy atom. The maximum atomic E-state index is 14.9. The fourth-order valence-electron chi connectivity index (χ4n) is 32.1. The Balaban J connectivity index is 0.000000219. The molecule has 0 amide bonds. The van der Waals surface area contributed by atoms with Gasteiger partial charge in [0.25, 0.3) is 0 Å². The van der Waals surface area contributed by atoms with E-state index in [0.29, 0.717) is 66.5 Å². The molecule has 15 heteroatoms. The van der Waals surface area contributed by atoms with Crippen LogP contribution in [0.1, 0.15) is 249 Å². The minimum absolute atomic E-state index is 0.214. The van der Waals surface area contributed by atoms with Gasteiger partial charge in [0.2, 0.25) is 0 Å². The Morgan fingerprint density at radius 2 is 0.333 bits per heavy atom. The molecule has 17 rings (SSSR count). The standard InChI is InChI=1S/C78H106FN3Si4.C30H49NSi2.C18H10FI2N/c1-47(2)83(48(3)4,49(5)6)63-31-37-75-69(43-63)70-44-64(84(50(7)8,51(9)10)52(11)12)32-38-76(70)81(75)61-29-35-73-67(41-61)68-42-62(30-36-74(68)80(73)60-27-25-59(79)26-28-60)82-77-39-33-65(85(53(13)14,54(15)16)55(17)18)45-71(77)72-46-66(34-40-78(72)82)86(56(19)20,57(21)22)58(23)24;1-19(2)32(20(3)4,21(5)6)25-13-15-29-27(17-25)28-18-26(14-16-30(28)31-29)33(22(7)8,23(9)10)24(11)12;19-11-1-5-14(6-2-11)22-17-7-3-12(20)9-15(17)16-10-13(21)4-8-18(16)22/h25-58H,1-24H3;13-24,31H,1-12H3;1-10H. The first-order valence-corrected chi connectivity index (χ1v) is 69.2. The molecular weight excluding hydrogens is 2040 g/mol. The zero-order valence-electron chi connectivity index (χ0n) is 92.1. The number of halogens is 4. The average Bonchev–Trinajstić information content (AvgIpc) is 1.55. The zero-order chi connectivity index (χ0) is 103. The summed E-state index contributed by atoms with van der Waals surface area (Å²) in [5.41, 5.74) is 27.8. The van der Waals surface area contributed by atoms with Gasteiger partial charge < -0.3 is 23.3 Å². The lowest BCUT2D eigenvalue weighted by Crippen LogP contribution is -2.55. The van der Waals surface area contributed by atoms with Crippen molar-refractivity contribution in [3.8, 4) is 22.7 Å². The van der Waals surface area contributed by atoms with E-state index in [1.165, 1.54) is 106 Å². The SMILES string of the molecule is CC(C)[Si](c1ccc2[nH]c3ccc([Si](C(C)C)(C(C)C)C(C)C)cc3c2c1)(C(C)C)C(C)C.CC(C)[Si](c1ccc2c(c1)c1cc([Si](C(C)C)(C(C)C)C(C)C)ccc1n2-c1ccc2c(c1)c1cc(-n3c4ccc([Si](C(C)C)(C(C)C)C(C)C)cc4c4cc([Si](C(C)C)(C(C)C)C(C)C)ccc43)ccc1n2-c1ccc(F)cc1)(C(C)C)C(C)C.Fc1ccc(-n2c3ccc(I)cc3c3cc(I)ccc32)cc1. The number of hydrogen-bond acceptors (Lipinski definition) is 0. The van der Waals surface area contributed by atoms with Gasteiger partial charge in [-0.05, 0) is 303 Å². The van der Waals surface area contributed by atoms with Crippen LogP contribution in [0.25, 0.3) is 132 Å². The number of fused-ring (bicyclic) bond motifs is 15. The molecule has 0 unspecified atom stereocenters. The van der Waals surface area contributed by atoms with E-state index in [2.05, 4.69) is 500 Å². The van der Waals surface area contributed by atoms with E-state index in [-0.39, 0.29) is 11.6 Å². The van der Waals surface area contributed by atoms with Crippen LogP contribution in [-0.4, -0.2) is 71.7 Å². The predicted molar refractivity (Wildman–Crippen MR) is 655 cm³/mol. The maximum absolute atomic E-state index is 14.9. The molecule has 0 atom stereocenters. The molecule has 141 heavy (non-hydrogen) atoms. The third-order valence-corrected chi connectivity index (χ3v) is 80.0. The Morgan fingerprint density at radius 3 is 0.539 bits per heavy atom. The van der Waals surface area contributed by atoms with Crippen molar-refractivity contribution < 1.29 is 8.78 Å². The Hall–Kier alpha value is -7.74. The fraction of sp³-hybridized carbons (Fsp3) is 0.429. The predicted octanol–water partition coefficient (Wildman–Crippen LogP) is 37.9. The largest absolute Gasteiger partial charge is 0.355 e. The highest BCUT2D eigenvalue weighted by molar-refractivity contribution is 14.1. The number of benzene rings is 12. The van der Waals surface area contributed by atoms with Crippen molar-refractivity contribution >= 4 is 234 Å². The summed E-state index contributed by atoms with van der Waals surface area (Å²) in [5.74, 6) is -0.446. The molecule has 0 bridgehead atoms. The van der Waals surface area contributed by atoms with E-state index in [1.54, 1.807) is 43.3 Å². The van der Waals surface area contributed by atoms with Crippen molar-refractivity contribution in [2.45, 2.75) is 349 Å². The lowest BCUT2D eigenvalue weighted by Gasteiger charge is -2.44. The van der Waals surface area contributed by atoms with Gasteiger partial charge in [0.15, 0.2) is 0 Å². The number of nitrogens with one attached hydrogen (secondary N) is 1. The van der Waals surface area contributed by atoms with Crippen molar-refractivity contribution in [3.05, 3.63) is 249 Å². The van der Waals surface area contributed by atoms with E-state index >= 15 is 0 Å². The van der Waals surface area contributed by atoms with Crippen molar-refractivity contribution in [1.29, 1.82) is 0 Å². The summed E-state index contributed by atoms with van der Waals surface area (Å²) in [7, 11) is -11.5. The van der Waals surface area contributed by atoms with Gasteiger partial charge in [-0.1, -0.05) is 353 Å². The lowest BCUT2D eigenvalue weighted by atomic mass is 10.1. The highest BCUT2D eigenvalue weighted by Gasteiger charge is 2.51. The van der Waals surface area contributed by atoms with Crippen LogP contribution in [-0.2, 0) is 0 Å². The molecule has 5 heterocycles. The molecule has 0 radical (unpaired) electrons. The van der Waals surface area contributed by atoms with Crippen molar-refractivity contribution in [1.82, 2.24) is 23.3 Å². The summed E-state index contributed by atoms with van der Waals surface area (Å²) in [4.78, 5) is 3.74. The van der Waals surface area contributed by atoms with Gasteiger partial charge in [0.05, 0.1) is 92.6 Å². The number of rotatable bonds is 28. The first-order valence-electron chi connectivity index (χ1n) is 53.7. The quantitative estimate of drug-likeness (QED) is 0.0375. The van der Waals surface area contributed by atoms with Gasteiger partial charge >= 0.3 is 0 Å². The summed E-state index contributed by atoms with van der Waals surface area (Å²) in [5, 5.41) is 22.8. The van der Waals surface area contributed by atoms with E-state index in [1.807, 2.05) is 24.3 Å². The zero-order valence-corrected chi connectivity index (χ0v) is 102. The molecule has 746 valence electrons. The van der Waals surface area contributed by atoms with Gasteiger partial charge in [0, 0.05) is 94.8 Å². The smallest absolute Gasteiger partial charge is 0.123 e. The van der Waals surface area contributed by atoms with Gasteiger partial charge in [-0.2, -0.15) is 0 Å². The van der Waals surface area contributed by atoms with Gasteiger partial charge in [-0.25, -0.2) is 8.78 Å². The van der Waals surface area contributed by atoms with Crippen LogP contribution < -0.4 is 31.1 Å². The van der Waals surface area contributed by atoms with Crippen LogP contribution in [0.2, 0.25) is 99.7 Å². The first kappa shape index (κ1) is 107. The summed E-state index contributed by atoms with van der Waals surface area (Å²) >= 11 is 4.67. The lowest BCUT2D eigenvalue weighted by molar-refractivity contribution is 0.627. The van der Waals surface area contributed by atoms with Crippen LogP contribution in [0, 0.1) is 18.8 Å². The molecule has 0 aliphatic rings. The molecule has 0 saturated carbocycles. The van der Waals surface area contributed by atoms with Crippen LogP contribution >= 0.6 is 45.2 Å². The molecular formula is C126H165F2I2N5Si6. The maximum Gasteiger partial charge on any atom is 0.123 e. The van der Waals surface area contributed by atoms with Gasteiger partial charge in [-0.3, -0.25) is 0 Å². The highest BCUT2D eigenvalue weighted by Crippen LogP contribution is 2.52. The molecule has 5 aromatic heterocycles. The van der Waals surface area contributed by atoms with E-state index in [0.717, 1.165) is 78.1 Å². The normalized spacial score (nSPS) is 13.4. The Labute approximate surface area is 878 Å². The number of hydrogen-bond donors (Lipinski definition) is 1. The summed E-state index contributed by atoms with van der Waals surface area (Å²) in [6.45, 7) is 89.6. The first-order chi connectivity index (χ1) is 66.4. The van der Waals surface area contributed by atoms with Crippen LogP contribution in [0.15, 0.2) is 231 Å². The van der Waals surface area contributed by atoms with Crippen molar-refractivity contribution in [3.63, 3.8) is 0 Å². The molecule has 12 aromatic carbocycles. The Bertz CT molecular complexity index is 6750. The van der Waals surface area contributed by atoms with E-state index < -0.39 is 48.4 Å². The Kier molecular flexibility index (Phi) is 31.4. The number of H-pyrrole nitrogens is 1. The molecule has 0 aliphatic heterocycles. The summed E-state index contributed by atoms with van der Waals surface area (Å²) in [6.07, 6.45) is 0. The number of aromatic amines is 1.